The van der Waals surface area contributed by atoms with Crippen LogP contribution >= 0.6 is 0 Å². The van der Waals surface area contributed by atoms with Crippen molar-refractivity contribution in [1.82, 2.24) is 0 Å². The van der Waals surface area contributed by atoms with Crippen molar-refractivity contribution in [3.8, 4) is 0 Å². The Labute approximate surface area is 119 Å². The maximum absolute atomic E-state index is 11.9. The Hall–Kier alpha value is -2.90. The first-order valence-electron chi connectivity index (χ1n) is 5.92. The molecule has 2 aromatic carbocycles. The zero-order valence-electron chi connectivity index (χ0n) is 10.7. The number of carbonyl (C=O) groups is 2. The van der Waals surface area contributed by atoms with Crippen LogP contribution in [0.2, 0.25) is 0 Å². The zero-order valence-corrected chi connectivity index (χ0v) is 10.7. The van der Waals surface area contributed by atoms with Crippen molar-refractivity contribution in [1.29, 1.82) is 0 Å². The summed E-state index contributed by atoms with van der Waals surface area (Å²) in [5.74, 6) is -1.85. The lowest BCUT2D eigenvalue weighted by Crippen LogP contribution is -2.15. The van der Waals surface area contributed by atoms with Gasteiger partial charge in [-0.1, -0.05) is 24.3 Å². The molecule has 0 unspecified atom stereocenters. The molecule has 0 saturated carbocycles. The van der Waals surface area contributed by atoms with E-state index in [1.165, 1.54) is 24.3 Å². The quantitative estimate of drug-likeness (QED) is 0.388. The number of nitrogens with one attached hydrogen (secondary N) is 2. The van der Waals surface area contributed by atoms with Crippen LogP contribution in [-0.4, -0.2) is 22.4 Å². The summed E-state index contributed by atoms with van der Waals surface area (Å²) in [4.78, 5) is 23.9. The van der Waals surface area contributed by atoms with E-state index in [-0.39, 0.29) is 22.5 Å². The molecule has 0 aliphatic carbocycles. The highest BCUT2D eigenvalue weighted by Crippen LogP contribution is 2.19. The van der Waals surface area contributed by atoms with Crippen LogP contribution < -0.4 is 11.0 Å². The molecule has 108 valence electrons. The van der Waals surface area contributed by atoms with Crippen molar-refractivity contribution < 1.29 is 24.7 Å². The highest BCUT2D eigenvalue weighted by Gasteiger charge is 2.19. The van der Waals surface area contributed by atoms with Gasteiger partial charge < -0.3 is 4.74 Å². The van der Waals surface area contributed by atoms with Crippen molar-refractivity contribution in [3.05, 3.63) is 59.7 Å². The molecule has 0 amide bonds. The molecular weight excluding hydrogens is 276 g/mol. The number of esters is 2. The second-order valence-corrected chi connectivity index (χ2v) is 3.99. The number of ether oxygens (including phenoxy) is 1. The van der Waals surface area contributed by atoms with Crippen molar-refractivity contribution in [3.63, 3.8) is 0 Å². The summed E-state index contributed by atoms with van der Waals surface area (Å²) in [6.07, 6.45) is 0. The molecule has 21 heavy (non-hydrogen) atoms. The molecule has 0 radical (unpaired) electrons. The molecule has 0 aromatic heterocycles. The molecule has 0 aliphatic heterocycles. The molecule has 0 heterocycles. The number of benzene rings is 2. The lowest BCUT2D eigenvalue weighted by molar-refractivity contribution is 0.0398. The topological polar surface area (TPSA) is 108 Å². The lowest BCUT2D eigenvalue weighted by Gasteiger charge is -2.09. The van der Waals surface area contributed by atoms with Gasteiger partial charge in [0.05, 0.1) is 22.5 Å². The Morgan fingerprint density at radius 1 is 0.762 bits per heavy atom. The van der Waals surface area contributed by atoms with Gasteiger partial charge >= 0.3 is 11.9 Å². The molecule has 0 atom stereocenters. The molecule has 0 saturated heterocycles. The molecule has 0 bridgehead atoms. The van der Waals surface area contributed by atoms with E-state index >= 15 is 0 Å². The monoisotopic (exact) mass is 288 g/mol. The van der Waals surface area contributed by atoms with Crippen LogP contribution in [0.15, 0.2) is 48.5 Å². The molecule has 0 fully saturated rings. The van der Waals surface area contributed by atoms with Gasteiger partial charge in [0.2, 0.25) is 0 Å². The van der Waals surface area contributed by atoms with Gasteiger partial charge in [-0.25, -0.2) is 9.59 Å². The zero-order chi connectivity index (χ0) is 15.2. The predicted octanol–water partition coefficient (Wildman–Crippen LogP) is 2.29. The molecule has 7 nitrogen and oxygen atoms in total. The Morgan fingerprint density at radius 2 is 1.14 bits per heavy atom. The molecule has 4 N–H and O–H groups in total. The summed E-state index contributed by atoms with van der Waals surface area (Å²) in [5.41, 5.74) is 3.93. The summed E-state index contributed by atoms with van der Waals surface area (Å²) in [7, 11) is 0. The van der Waals surface area contributed by atoms with Crippen LogP contribution in [0.3, 0.4) is 0 Å². The Morgan fingerprint density at radius 3 is 1.52 bits per heavy atom. The van der Waals surface area contributed by atoms with Gasteiger partial charge in [0.15, 0.2) is 0 Å². The first kappa shape index (κ1) is 14.5. The van der Waals surface area contributed by atoms with Gasteiger partial charge in [-0.3, -0.25) is 21.4 Å². The van der Waals surface area contributed by atoms with Crippen LogP contribution in [-0.2, 0) is 4.74 Å². The number of rotatable bonds is 4. The number of anilines is 2. The number of para-hydroxylation sites is 2. The molecule has 0 aliphatic rings. The third-order valence-corrected chi connectivity index (χ3v) is 2.72. The average Bonchev–Trinajstić information content (AvgIpc) is 2.54. The smallest absolute Gasteiger partial charge is 0.348 e. The molecular formula is C14H12N2O5. The standard InChI is InChI=1S/C14H12N2O5/c17-13(9-5-1-3-7-11(9)15-19)21-14(18)10-6-2-4-8-12(10)16-20/h1-8,15-16,19-20H. The second-order valence-electron chi connectivity index (χ2n) is 3.99. The Balaban J connectivity index is 2.21. The van der Waals surface area contributed by atoms with Crippen LogP contribution in [0, 0.1) is 0 Å². The van der Waals surface area contributed by atoms with Gasteiger partial charge in [-0.05, 0) is 24.3 Å². The predicted molar refractivity (Wildman–Crippen MR) is 73.4 cm³/mol. The number of hydrogen-bond acceptors (Lipinski definition) is 7. The van der Waals surface area contributed by atoms with E-state index < -0.39 is 11.9 Å². The third-order valence-electron chi connectivity index (χ3n) is 2.72. The average molecular weight is 288 g/mol. The van der Waals surface area contributed by atoms with Crippen molar-refractivity contribution in [2.45, 2.75) is 0 Å². The van der Waals surface area contributed by atoms with Crippen molar-refractivity contribution in [2.24, 2.45) is 0 Å². The van der Waals surface area contributed by atoms with E-state index in [1.54, 1.807) is 24.3 Å². The van der Waals surface area contributed by atoms with Crippen LogP contribution in [0.4, 0.5) is 11.4 Å². The lowest BCUT2D eigenvalue weighted by atomic mass is 10.1. The number of carbonyl (C=O) groups excluding carboxylic acids is 2. The van der Waals surface area contributed by atoms with Gasteiger partial charge in [0, 0.05) is 0 Å². The first-order valence-corrected chi connectivity index (χ1v) is 5.92. The Kier molecular flexibility index (Phi) is 4.50. The summed E-state index contributed by atoms with van der Waals surface area (Å²) in [5, 5.41) is 17.8. The first-order chi connectivity index (χ1) is 10.2. The fourth-order valence-corrected chi connectivity index (χ4v) is 1.71. The van der Waals surface area contributed by atoms with Crippen molar-refractivity contribution in [2.75, 3.05) is 11.0 Å². The highest BCUT2D eigenvalue weighted by atomic mass is 16.6. The van der Waals surface area contributed by atoms with E-state index in [1.807, 2.05) is 11.0 Å². The van der Waals surface area contributed by atoms with E-state index in [2.05, 4.69) is 0 Å². The normalized spacial score (nSPS) is 9.81. The van der Waals surface area contributed by atoms with E-state index in [9.17, 15) is 9.59 Å². The summed E-state index contributed by atoms with van der Waals surface area (Å²) in [6.45, 7) is 0. The summed E-state index contributed by atoms with van der Waals surface area (Å²) >= 11 is 0. The summed E-state index contributed by atoms with van der Waals surface area (Å²) < 4.78 is 4.73. The highest BCUT2D eigenvalue weighted by molar-refractivity contribution is 6.06. The fraction of sp³-hybridized carbons (Fsp3) is 0. The molecule has 2 aromatic rings. The largest absolute Gasteiger partial charge is 0.386 e. The maximum atomic E-state index is 11.9. The van der Waals surface area contributed by atoms with Crippen molar-refractivity contribution >= 4 is 23.3 Å². The van der Waals surface area contributed by atoms with Crippen LogP contribution in [0.1, 0.15) is 20.7 Å². The minimum absolute atomic E-state index is 0.00258. The molecule has 7 heteroatoms. The molecule has 2 rings (SSSR count). The van der Waals surface area contributed by atoms with Crippen LogP contribution in [0.25, 0.3) is 0 Å². The van der Waals surface area contributed by atoms with E-state index in [0.717, 1.165) is 0 Å². The van der Waals surface area contributed by atoms with Gasteiger partial charge in [-0.2, -0.15) is 0 Å². The Bertz CT molecular complexity index is 614. The van der Waals surface area contributed by atoms with Gasteiger partial charge in [0.1, 0.15) is 0 Å². The van der Waals surface area contributed by atoms with E-state index in [4.69, 9.17) is 15.2 Å². The van der Waals surface area contributed by atoms with Crippen LogP contribution in [0.5, 0.6) is 0 Å². The number of hydrogen-bond donors (Lipinski definition) is 4. The molecule has 0 spiro atoms. The minimum atomic E-state index is -0.926. The third kappa shape index (κ3) is 3.16. The minimum Gasteiger partial charge on any atom is -0.386 e. The van der Waals surface area contributed by atoms with Gasteiger partial charge in [-0.15, -0.1) is 0 Å². The fourth-order valence-electron chi connectivity index (χ4n) is 1.71. The maximum Gasteiger partial charge on any atom is 0.348 e. The summed E-state index contributed by atoms with van der Waals surface area (Å²) in [6, 6.07) is 12.0. The second kappa shape index (κ2) is 6.51. The SMILES string of the molecule is O=C(OC(=O)c1ccccc1NO)c1ccccc1NO. The van der Waals surface area contributed by atoms with Gasteiger partial charge in [0.25, 0.3) is 0 Å². The van der Waals surface area contributed by atoms with E-state index in [0.29, 0.717) is 0 Å².